The summed E-state index contributed by atoms with van der Waals surface area (Å²) >= 11 is 0. The first-order valence-electron chi connectivity index (χ1n) is 14.2. The largest absolute Gasteiger partial charge is 0.509 e. The van der Waals surface area contributed by atoms with Crippen molar-refractivity contribution < 1.29 is 29.6 Å². The summed E-state index contributed by atoms with van der Waals surface area (Å²) in [5, 5.41) is 4.35. The van der Waals surface area contributed by atoms with Crippen LogP contribution >= 0.6 is 0 Å². The first-order chi connectivity index (χ1) is 21.2. The molecule has 0 N–H and O–H groups in total. The molecule has 0 saturated heterocycles. The van der Waals surface area contributed by atoms with Gasteiger partial charge in [0.2, 0.25) is 0 Å². The summed E-state index contributed by atoms with van der Waals surface area (Å²) in [7, 11) is 2.05. The minimum absolute atomic E-state index is 0. The molecule has 44 heavy (non-hydrogen) atoms. The van der Waals surface area contributed by atoms with Crippen LogP contribution in [0.25, 0.3) is 49.4 Å². The van der Waals surface area contributed by atoms with E-state index in [4.69, 9.17) is 9.15 Å². The van der Waals surface area contributed by atoms with Crippen molar-refractivity contribution in [2.24, 2.45) is 0 Å². The van der Waals surface area contributed by atoms with E-state index in [9.17, 15) is 0 Å². The maximum atomic E-state index is 6.42. The molecule has 6 heteroatoms. The minimum Gasteiger partial charge on any atom is -0.509 e. The van der Waals surface area contributed by atoms with Gasteiger partial charge in [-0.3, -0.25) is 0 Å². The third-order valence-corrected chi connectivity index (χ3v) is 8.13. The average Bonchev–Trinajstić information content (AvgIpc) is 3.70. The third-order valence-electron chi connectivity index (χ3n) is 8.13. The summed E-state index contributed by atoms with van der Waals surface area (Å²) in [5.41, 5.74) is 7.77. The second-order valence-electron chi connectivity index (χ2n) is 10.7. The van der Waals surface area contributed by atoms with Gasteiger partial charge < -0.3 is 23.5 Å². The number of fused-ring (bicyclic) bond motifs is 8. The van der Waals surface area contributed by atoms with Gasteiger partial charge in [0, 0.05) is 54.2 Å². The van der Waals surface area contributed by atoms with Crippen molar-refractivity contribution >= 4 is 60.8 Å². The second-order valence-corrected chi connectivity index (χ2v) is 10.7. The molecule has 6 aromatic carbocycles. The van der Waals surface area contributed by atoms with Crippen LogP contribution in [0.3, 0.4) is 0 Å². The van der Waals surface area contributed by atoms with Crippen LogP contribution in [0.5, 0.6) is 11.5 Å². The fourth-order valence-corrected chi connectivity index (χ4v) is 6.25. The average molecular weight is 660 g/mol. The van der Waals surface area contributed by atoms with Crippen LogP contribution in [0.4, 0.5) is 17.1 Å². The molecule has 0 fully saturated rings. The summed E-state index contributed by atoms with van der Waals surface area (Å²) < 4.78 is 14.9. The Morgan fingerprint density at radius 1 is 0.659 bits per heavy atom. The summed E-state index contributed by atoms with van der Waals surface area (Å²) in [6.45, 7) is 2.06. The number of anilines is 3. The van der Waals surface area contributed by atoms with E-state index in [1.165, 1.54) is 0 Å². The topological polar surface area (TPSA) is 33.8 Å². The molecule has 0 radical (unpaired) electrons. The SMILES string of the molecule is CN1[CH-]N(c2[c-]c(Oc3[c-]c4c(cc3)c3ccc5oc6ccccc6c5c3n4-c3[c-]cccc3)ccc2)c2ccccc21.[Pd]. The van der Waals surface area contributed by atoms with E-state index < -0.39 is 0 Å². The fraction of sp³-hybridized carbons (Fsp3) is 0.0263. The first-order valence-corrected chi connectivity index (χ1v) is 14.2. The second kappa shape index (κ2) is 10.3. The summed E-state index contributed by atoms with van der Waals surface area (Å²) in [6.07, 6.45) is 0. The van der Waals surface area contributed by atoms with Crippen LogP contribution in [0.2, 0.25) is 0 Å². The Morgan fingerprint density at radius 2 is 1.43 bits per heavy atom. The monoisotopic (exact) mass is 659 g/mol. The maximum absolute atomic E-state index is 6.42. The van der Waals surface area contributed by atoms with Gasteiger partial charge in [0.1, 0.15) is 11.2 Å². The first kappa shape index (κ1) is 26.6. The van der Waals surface area contributed by atoms with E-state index >= 15 is 0 Å². The number of ether oxygens (including phenoxy) is 1. The molecular formula is C38H23N3O2Pd-4. The molecule has 1 aliphatic rings. The van der Waals surface area contributed by atoms with Gasteiger partial charge in [-0.2, -0.15) is 43.1 Å². The van der Waals surface area contributed by atoms with Gasteiger partial charge in [-0.1, -0.05) is 47.6 Å². The molecule has 0 aliphatic carbocycles. The smallest absolute Gasteiger partial charge is 0.137 e. The molecule has 5 nitrogen and oxygen atoms in total. The van der Waals surface area contributed by atoms with Gasteiger partial charge in [-0.25, -0.2) is 0 Å². The summed E-state index contributed by atoms with van der Waals surface area (Å²) in [4.78, 5) is 4.23. The Bertz CT molecular complexity index is 2340. The van der Waals surface area contributed by atoms with Crippen molar-refractivity contribution in [1.82, 2.24) is 4.57 Å². The van der Waals surface area contributed by atoms with Gasteiger partial charge >= 0.3 is 0 Å². The number of aromatic nitrogens is 1. The quantitative estimate of drug-likeness (QED) is 0.139. The number of rotatable bonds is 4. The predicted octanol–water partition coefficient (Wildman–Crippen LogP) is 9.58. The van der Waals surface area contributed by atoms with E-state index in [0.29, 0.717) is 11.5 Å². The normalized spacial score (nSPS) is 12.8. The molecule has 0 amide bonds. The fourth-order valence-electron chi connectivity index (χ4n) is 6.25. The van der Waals surface area contributed by atoms with Crippen molar-refractivity contribution in [1.29, 1.82) is 0 Å². The van der Waals surface area contributed by atoms with Crippen LogP contribution in [-0.2, 0) is 20.4 Å². The van der Waals surface area contributed by atoms with Crippen molar-refractivity contribution in [2.45, 2.75) is 0 Å². The van der Waals surface area contributed by atoms with E-state index in [1.54, 1.807) is 0 Å². The molecule has 1 aliphatic heterocycles. The van der Waals surface area contributed by atoms with Crippen molar-refractivity contribution in [3.8, 4) is 17.2 Å². The van der Waals surface area contributed by atoms with E-state index in [2.05, 4.69) is 93.8 Å². The van der Waals surface area contributed by atoms with Crippen LogP contribution in [-0.4, -0.2) is 11.6 Å². The van der Waals surface area contributed by atoms with Gasteiger partial charge in [-0.05, 0) is 36.7 Å². The molecule has 0 bridgehead atoms. The zero-order valence-corrected chi connectivity index (χ0v) is 25.1. The molecular weight excluding hydrogens is 637 g/mol. The molecule has 2 aromatic heterocycles. The van der Waals surface area contributed by atoms with Gasteiger partial charge in [0.05, 0.1) is 5.39 Å². The molecule has 0 atom stereocenters. The third kappa shape index (κ3) is 4.03. The zero-order valence-electron chi connectivity index (χ0n) is 23.5. The van der Waals surface area contributed by atoms with Crippen LogP contribution < -0.4 is 14.5 Å². The number of para-hydroxylation sites is 4. The Hall–Kier alpha value is -5.02. The zero-order chi connectivity index (χ0) is 28.5. The van der Waals surface area contributed by atoms with E-state index in [-0.39, 0.29) is 20.4 Å². The maximum Gasteiger partial charge on any atom is 0.137 e. The molecule has 9 rings (SSSR count). The van der Waals surface area contributed by atoms with Gasteiger partial charge in [-0.15, -0.1) is 47.5 Å². The van der Waals surface area contributed by atoms with Crippen LogP contribution in [0, 0.1) is 24.9 Å². The molecule has 0 spiro atoms. The predicted molar refractivity (Wildman–Crippen MR) is 172 cm³/mol. The molecule has 3 heterocycles. The van der Waals surface area contributed by atoms with Crippen molar-refractivity contribution in [2.75, 3.05) is 16.8 Å². The van der Waals surface area contributed by atoms with Crippen LogP contribution in [0.15, 0.2) is 120 Å². The Morgan fingerprint density at radius 3 is 2.32 bits per heavy atom. The van der Waals surface area contributed by atoms with E-state index in [0.717, 1.165) is 66.5 Å². The van der Waals surface area contributed by atoms with Gasteiger partial charge in [0.25, 0.3) is 0 Å². The summed E-state index contributed by atoms with van der Waals surface area (Å²) in [6, 6.07) is 49.2. The standard InChI is InChI=1S/C38H23N3O2.Pd/c1-39-24-40(33-16-7-6-15-32(33)39)26-12-9-13-27(22-26)42-28-18-19-29-30-20-21-36-37(31-14-5-8-17-35(31)43-36)38(30)41(34(29)23-28)25-10-3-2-4-11-25;/h2-10,12-21,24H,1H3;/q-4;. The number of furan rings is 1. The van der Waals surface area contributed by atoms with Gasteiger partial charge in [0.15, 0.2) is 0 Å². The Labute approximate surface area is 268 Å². The Kier molecular flexibility index (Phi) is 6.23. The Balaban J connectivity index is 0.00000289. The molecule has 216 valence electrons. The van der Waals surface area contributed by atoms with E-state index in [1.807, 2.05) is 67.7 Å². The summed E-state index contributed by atoms with van der Waals surface area (Å²) in [5.74, 6) is 1.22. The minimum atomic E-state index is 0. The number of hydrogen-bond acceptors (Lipinski definition) is 4. The number of hydrogen-bond donors (Lipinski definition) is 0. The number of nitrogens with zero attached hydrogens (tertiary/aromatic N) is 3. The number of benzene rings is 6. The molecule has 8 aromatic rings. The molecule has 0 unspecified atom stereocenters. The van der Waals surface area contributed by atoms with Crippen molar-refractivity contribution in [3.63, 3.8) is 0 Å². The molecule has 0 saturated carbocycles. The van der Waals surface area contributed by atoms with Crippen molar-refractivity contribution in [3.05, 3.63) is 140 Å². The van der Waals surface area contributed by atoms with Crippen LogP contribution in [0.1, 0.15) is 0 Å².